The number of piperidine rings is 1. The summed E-state index contributed by atoms with van der Waals surface area (Å²) in [5, 5.41) is 13.0. The van der Waals surface area contributed by atoms with Crippen LogP contribution in [0, 0.1) is 5.95 Å². The van der Waals surface area contributed by atoms with Gasteiger partial charge in [-0.1, -0.05) is 0 Å². The van der Waals surface area contributed by atoms with Crippen LogP contribution in [0.1, 0.15) is 28.2 Å². The van der Waals surface area contributed by atoms with Crippen molar-refractivity contribution < 1.29 is 19.0 Å². The number of ether oxygens (including phenoxy) is 1. The molecule has 0 unspecified atom stereocenters. The lowest BCUT2D eigenvalue weighted by Gasteiger charge is -2.30. The maximum atomic E-state index is 14.9. The molecule has 11 heteroatoms. The number of rotatable bonds is 6. The zero-order chi connectivity index (χ0) is 21.8. The van der Waals surface area contributed by atoms with E-state index in [0.717, 1.165) is 11.3 Å². The molecule has 0 radical (unpaired) electrons. The van der Waals surface area contributed by atoms with Gasteiger partial charge in [-0.3, -0.25) is 0 Å². The Morgan fingerprint density at radius 1 is 1.29 bits per heavy atom. The summed E-state index contributed by atoms with van der Waals surface area (Å²) in [5.41, 5.74) is 0.617. The summed E-state index contributed by atoms with van der Waals surface area (Å²) in [6, 6.07) is 5.03. The number of halogens is 1. The van der Waals surface area contributed by atoms with Crippen LogP contribution in [0.2, 0.25) is 0 Å². The van der Waals surface area contributed by atoms with Crippen molar-refractivity contribution in [3.63, 3.8) is 0 Å². The molecule has 1 fully saturated rings. The summed E-state index contributed by atoms with van der Waals surface area (Å²) in [7, 11) is 1.28. The van der Waals surface area contributed by atoms with Crippen LogP contribution in [0.25, 0.3) is 10.6 Å². The van der Waals surface area contributed by atoms with Gasteiger partial charge in [-0.25, -0.2) is 24.7 Å². The molecule has 0 amide bonds. The molecule has 0 bridgehead atoms. The molecule has 2 N–H and O–H groups in total. The highest BCUT2D eigenvalue weighted by Crippen LogP contribution is 2.32. The Morgan fingerprint density at radius 3 is 2.71 bits per heavy atom. The molecular formula is C20H21FN6O3S. The highest BCUT2D eigenvalue weighted by atomic mass is 32.1. The minimum absolute atomic E-state index is 0.175. The Hall–Kier alpha value is -3.18. The average molecular weight is 444 g/mol. The van der Waals surface area contributed by atoms with Crippen LogP contribution in [0.15, 0.2) is 30.6 Å². The molecule has 3 aromatic heterocycles. The van der Waals surface area contributed by atoms with Gasteiger partial charge in [-0.15, -0.1) is 11.3 Å². The number of aromatic nitrogens is 4. The topological polar surface area (TPSA) is 113 Å². The molecular weight excluding hydrogens is 423 g/mol. The molecule has 4 rings (SSSR count). The van der Waals surface area contributed by atoms with Crippen molar-refractivity contribution >= 4 is 29.1 Å². The molecule has 4 heterocycles. The first kappa shape index (κ1) is 21.1. The van der Waals surface area contributed by atoms with Gasteiger partial charge in [0.1, 0.15) is 15.7 Å². The first-order valence-corrected chi connectivity index (χ1v) is 10.6. The number of anilines is 2. The Bertz CT molecular complexity index is 1060. The van der Waals surface area contributed by atoms with Crippen LogP contribution >= 0.6 is 11.3 Å². The third-order valence-electron chi connectivity index (χ3n) is 4.90. The first-order chi connectivity index (χ1) is 15.0. The smallest absolute Gasteiger partial charge is 0.350 e. The second-order valence-electron chi connectivity index (χ2n) is 6.94. The number of carbonyl (C=O) groups is 1. The molecule has 9 nitrogen and oxygen atoms in total. The van der Waals surface area contributed by atoms with Gasteiger partial charge in [0, 0.05) is 25.5 Å². The minimum Gasteiger partial charge on any atom is -0.465 e. The number of hydrogen-bond acceptors (Lipinski definition) is 10. The van der Waals surface area contributed by atoms with Crippen molar-refractivity contribution in [2.24, 2.45) is 0 Å². The lowest BCUT2D eigenvalue weighted by molar-refractivity contribution is 0.0605. The Labute approximate surface area is 182 Å². The van der Waals surface area contributed by atoms with Crippen molar-refractivity contribution in [1.29, 1.82) is 0 Å². The van der Waals surface area contributed by atoms with E-state index in [1.54, 1.807) is 30.6 Å². The van der Waals surface area contributed by atoms with E-state index < -0.39 is 11.9 Å². The number of aliphatic hydroxyl groups is 1. The largest absolute Gasteiger partial charge is 0.465 e. The Kier molecular flexibility index (Phi) is 6.33. The number of nitrogens with one attached hydrogen (secondary N) is 1. The second kappa shape index (κ2) is 9.31. The Morgan fingerprint density at radius 2 is 2.03 bits per heavy atom. The van der Waals surface area contributed by atoms with Crippen molar-refractivity contribution in [2.75, 3.05) is 30.4 Å². The first-order valence-electron chi connectivity index (χ1n) is 9.74. The summed E-state index contributed by atoms with van der Waals surface area (Å²) in [4.78, 5) is 31.1. The van der Waals surface area contributed by atoms with E-state index in [4.69, 9.17) is 4.74 Å². The molecule has 162 valence electrons. The fraction of sp³-hybridized carbons (Fsp3) is 0.350. The summed E-state index contributed by atoms with van der Waals surface area (Å²) in [5.74, 6) is -0.316. The molecule has 0 aromatic carbocycles. The predicted octanol–water partition coefficient (Wildman–Crippen LogP) is 2.49. The SMILES string of the molecule is COC(=O)c1sc(-c2ccc(N3CCC(O)CC3)nc2F)nc1CNc1ncccn1. The summed E-state index contributed by atoms with van der Waals surface area (Å²) < 4.78 is 19.7. The fourth-order valence-corrected chi connectivity index (χ4v) is 4.26. The molecule has 3 aromatic rings. The van der Waals surface area contributed by atoms with E-state index in [1.165, 1.54) is 7.11 Å². The molecule has 1 aliphatic rings. The average Bonchev–Trinajstić information content (AvgIpc) is 3.22. The number of methoxy groups -OCH3 is 1. The van der Waals surface area contributed by atoms with E-state index in [2.05, 4.69) is 25.3 Å². The molecule has 1 aliphatic heterocycles. The van der Waals surface area contributed by atoms with Crippen LogP contribution < -0.4 is 10.2 Å². The fourth-order valence-electron chi connectivity index (χ4n) is 3.25. The van der Waals surface area contributed by atoms with Crippen molar-refractivity contribution in [2.45, 2.75) is 25.5 Å². The van der Waals surface area contributed by atoms with Crippen molar-refractivity contribution in [1.82, 2.24) is 19.9 Å². The lowest BCUT2D eigenvalue weighted by Crippen LogP contribution is -2.36. The van der Waals surface area contributed by atoms with Gasteiger partial charge in [-0.2, -0.15) is 4.39 Å². The normalized spacial score (nSPS) is 14.5. The molecule has 31 heavy (non-hydrogen) atoms. The summed E-state index contributed by atoms with van der Waals surface area (Å²) in [6.07, 6.45) is 4.12. The van der Waals surface area contributed by atoms with Gasteiger partial charge in [-0.05, 0) is 31.0 Å². The number of aliphatic hydroxyl groups excluding tert-OH is 1. The highest BCUT2D eigenvalue weighted by molar-refractivity contribution is 7.17. The number of esters is 1. The quantitative estimate of drug-likeness (QED) is 0.437. The minimum atomic E-state index is -0.667. The van der Waals surface area contributed by atoms with Crippen LogP contribution in [0.5, 0.6) is 0 Å². The van der Waals surface area contributed by atoms with Gasteiger partial charge in [0.2, 0.25) is 11.9 Å². The Balaban J connectivity index is 1.58. The van der Waals surface area contributed by atoms with Crippen molar-refractivity contribution in [3.05, 3.63) is 47.1 Å². The zero-order valence-electron chi connectivity index (χ0n) is 16.8. The second-order valence-corrected chi connectivity index (χ2v) is 7.94. The molecule has 0 spiro atoms. The van der Waals surface area contributed by atoms with Crippen molar-refractivity contribution in [3.8, 4) is 10.6 Å². The zero-order valence-corrected chi connectivity index (χ0v) is 17.6. The lowest BCUT2D eigenvalue weighted by atomic mass is 10.1. The molecule has 0 atom stereocenters. The van der Waals surface area contributed by atoms with Crippen LogP contribution in [-0.2, 0) is 11.3 Å². The van der Waals surface area contributed by atoms with E-state index >= 15 is 0 Å². The van der Waals surface area contributed by atoms with E-state index in [9.17, 15) is 14.3 Å². The van der Waals surface area contributed by atoms with Gasteiger partial charge in [0.25, 0.3) is 0 Å². The van der Waals surface area contributed by atoms with E-state index in [0.29, 0.717) is 48.4 Å². The number of hydrogen-bond donors (Lipinski definition) is 2. The molecule has 1 saturated heterocycles. The van der Waals surface area contributed by atoms with Crippen LogP contribution in [-0.4, -0.2) is 57.3 Å². The van der Waals surface area contributed by atoms with E-state index in [1.807, 2.05) is 4.90 Å². The highest BCUT2D eigenvalue weighted by Gasteiger charge is 2.23. The monoisotopic (exact) mass is 444 g/mol. The van der Waals surface area contributed by atoms with Gasteiger partial charge >= 0.3 is 5.97 Å². The third kappa shape index (κ3) is 4.78. The third-order valence-corrected chi connectivity index (χ3v) is 6.01. The predicted molar refractivity (Wildman–Crippen MR) is 113 cm³/mol. The standard InChI is InChI=1S/C20H21FN6O3S/c1-30-19(29)16-14(11-24-20-22-7-2-8-23-20)25-18(31-16)13-3-4-15(26-17(13)21)27-9-5-12(28)6-10-27/h2-4,7-8,12,28H,5-6,9-11H2,1H3,(H,22,23,24). The van der Waals surface area contributed by atoms with Gasteiger partial charge < -0.3 is 20.1 Å². The number of thiazole rings is 1. The maximum Gasteiger partial charge on any atom is 0.350 e. The van der Waals surface area contributed by atoms with Gasteiger partial charge in [0.05, 0.1) is 31.0 Å². The summed E-state index contributed by atoms with van der Waals surface area (Å²) in [6.45, 7) is 1.41. The molecule has 0 aliphatic carbocycles. The number of carbonyl (C=O) groups excluding carboxylic acids is 1. The maximum absolute atomic E-state index is 14.9. The number of pyridine rings is 1. The van der Waals surface area contributed by atoms with Crippen LogP contribution in [0.4, 0.5) is 16.2 Å². The van der Waals surface area contributed by atoms with Gasteiger partial charge in [0.15, 0.2) is 0 Å². The summed E-state index contributed by atoms with van der Waals surface area (Å²) >= 11 is 1.04. The molecule has 0 saturated carbocycles. The van der Waals surface area contributed by atoms with Crippen LogP contribution in [0.3, 0.4) is 0 Å². The van der Waals surface area contributed by atoms with E-state index in [-0.39, 0.29) is 23.1 Å². The number of nitrogens with zero attached hydrogens (tertiary/aromatic N) is 5.